The minimum Gasteiger partial charge on any atom is -0.493 e. The van der Waals surface area contributed by atoms with Gasteiger partial charge < -0.3 is 14.6 Å². The van der Waals surface area contributed by atoms with Gasteiger partial charge in [-0.05, 0) is 104 Å². The molecule has 3 heterocycles. The predicted octanol–water partition coefficient (Wildman–Crippen LogP) is 9.77. The van der Waals surface area contributed by atoms with Crippen LogP contribution in [0.2, 0.25) is 0 Å². The zero-order valence-corrected chi connectivity index (χ0v) is 47.1. The number of fused-ring (bicyclic) bond motifs is 6. The van der Waals surface area contributed by atoms with E-state index >= 15 is 0 Å². The van der Waals surface area contributed by atoms with E-state index in [1.165, 1.54) is 37.3 Å². The van der Waals surface area contributed by atoms with E-state index in [2.05, 4.69) is 40.7 Å². The summed E-state index contributed by atoms with van der Waals surface area (Å²) >= 11 is 1.90. The summed E-state index contributed by atoms with van der Waals surface area (Å²) in [5, 5.41) is 48.2. The third kappa shape index (κ3) is 12.9. The molecule has 0 saturated carbocycles. The van der Waals surface area contributed by atoms with Crippen molar-refractivity contribution in [2.45, 2.75) is 53.2 Å². The summed E-state index contributed by atoms with van der Waals surface area (Å²) < 4.78 is 180. The van der Waals surface area contributed by atoms with Gasteiger partial charge in [0.2, 0.25) is 11.0 Å². The third-order valence-electron chi connectivity index (χ3n) is 11.6. The SMILES string of the molecule is COc1c(S(=O)(=O)O)ccc2c1nc1c(C#N)c(C)c(N=Nc3cc(C)c(N=Nc4cc(C)c(N=Nc5nc6c(S(=O)(=O)O)cc7ccc(S(=O)(=O)O)cc7c6s5)cc4SCCCS(=O)(=O)O)cc3OCCCS(=O)(=O)O)c(O)n12. The van der Waals surface area contributed by atoms with Crippen LogP contribution in [-0.4, -0.2) is 115 Å². The van der Waals surface area contributed by atoms with E-state index in [0.717, 1.165) is 58.9 Å². The highest BCUT2D eigenvalue weighted by Gasteiger charge is 2.27. The predicted molar refractivity (Wildman–Crippen MR) is 290 cm³/mol. The maximum Gasteiger partial charge on any atom is 0.298 e. The van der Waals surface area contributed by atoms with Crippen molar-refractivity contribution in [1.29, 1.82) is 5.26 Å². The Morgan fingerprint density at radius 2 is 1.31 bits per heavy atom. The van der Waals surface area contributed by atoms with Crippen molar-refractivity contribution >= 4 is 145 Å². The smallest absolute Gasteiger partial charge is 0.298 e. The van der Waals surface area contributed by atoms with Gasteiger partial charge in [0.15, 0.2) is 17.1 Å². The van der Waals surface area contributed by atoms with Crippen LogP contribution in [0.5, 0.6) is 17.4 Å². The van der Waals surface area contributed by atoms with Crippen molar-refractivity contribution in [2.75, 3.05) is 31.0 Å². The highest BCUT2D eigenvalue weighted by molar-refractivity contribution is 7.99. The van der Waals surface area contributed by atoms with Gasteiger partial charge in [-0.25, -0.2) is 9.97 Å². The number of nitrogens with zero attached hydrogens (tertiary/aromatic N) is 10. The molecule has 35 heteroatoms. The Balaban J connectivity index is 1.18. The van der Waals surface area contributed by atoms with Crippen molar-refractivity contribution in [1.82, 2.24) is 14.4 Å². The molecule has 5 aromatic carbocycles. The highest BCUT2D eigenvalue weighted by atomic mass is 32.2. The molecule has 0 atom stereocenters. The molecule has 0 aliphatic heterocycles. The van der Waals surface area contributed by atoms with E-state index in [0.29, 0.717) is 16.0 Å². The van der Waals surface area contributed by atoms with Gasteiger partial charge in [0.25, 0.3) is 50.6 Å². The lowest BCUT2D eigenvalue weighted by molar-refractivity contribution is 0.317. The molecule has 6 N–H and O–H groups in total. The molecule has 8 rings (SSSR count). The summed E-state index contributed by atoms with van der Waals surface area (Å²) in [4.78, 5) is 7.26. The molecule has 0 amide bonds. The van der Waals surface area contributed by atoms with Crippen LogP contribution in [0.4, 0.5) is 33.6 Å². The third-order valence-corrected chi connectivity index (χ3v) is 17.9. The first-order valence-corrected chi connectivity index (χ1v) is 31.9. The molecule has 0 radical (unpaired) electrons. The normalized spacial score (nSPS) is 13.1. The minimum atomic E-state index is -4.88. The summed E-state index contributed by atoms with van der Waals surface area (Å²) in [5.74, 6) is -2.15. The van der Waals surface area contributed by atoms with Crippen LogP contribution >= 0.6 is 23.1 Å². The number of rotatable bonds is 20. The van der Waals surface area contributed by atoms with E-state index < -0.39 is 82.7 Å². The van der Waals surface area contributed by atoms with Crippen molar-refractivity contribution in [3.63, 3.8) is 0 Å². The largest absolute Gasteiger partial charge is 0.493 e. The van der Waals surface area contributed by atoms with Crippen molar-refractivity contribution in [3.8, 4) is 23.4 Å². The monoisotopic (exact) mass is 1230 g/mol. The quantitative estimate of drug-likeness (QED) is 0.0179. The fraction of sp³-hybridized carbons (Fsp3) is 0.222. The minimum absolute atomic E-state index is 0.0121. The van der Waals surface area contributed by atoms with Crippen molar-refractivity contribution < 1.29 is 79.4 Å². The molecule has 0 saturated heterocycles. The molecule has 420 valence electrons. The summed E-state index contributed by atoms with van der Waals surface area (Å²) in [6, 6.07) is 14.6. The maximum absolute atomic E-state index is 12.5. The number of thioether (sulfide) groups is 1. The number of aryl methyl sites for hydroxylation is 2. The zero-order chi connectivity index (χ0) is 58.4. The Hall–Kier alpha value is -7.21. The summed E-state index contributed by atoms with van der Waals surface area (Å²) in [6.45, 7) is 4.39. The van der Waals surface area contributed by atoms with Crippen LogP contribution in [-0.2, 0) is 50.6 Å². The number of aromatic hydroxyl groups is 1. The van der Waals surface area contributed by atoms with Crippen LogP contribution in [0.25, 0.3) is 37.7 Å². The Kier molecular flexibility index (Phi) is 16.5. The number of thiazole rings is 1. The number of benzene rings is 5. The zero-order valence-electron chi connectivity index (χ0n) is 41.4. The number of aromatic nitrogens is 3. The first-order valence-electron chi connectivity index (χ1n) is 22.5. The van der Waals surface area contributed by atoms with Crippen LogP contribution in [0.1, 0.15) is 35.1 Å². The Labute approximate surface area is 462 Å². The highest BCUT2D eigenvalue weighted by Crippen LogP contribution is 2.45. The van der Waals surface area contributed by atoms with Gasteiger partial charge in [0.1, 0.15) is 43.9 Å². The van der Waals surface area contributed by atoms with Gasteiger partial charge >= 0.3 is 0 Å². The number of pyridine rings is 1. The molecule has 0 aliphatic rings. The Bertz CT molecular complexity index is 4640. The Morgan fingerprint density at radius 3 is 1.95 bits per heavy atom. The number of hydrogen-bond acceptors (Lipinski definition) is 24. The second kappa shape index (κ2) is 22.4. The van der Waals surface area contributed by atoms with Crippen LogP contribution in [0.3, 0.4) is 0 Å². The number of hydrogen-bond donors (Lipinski definition) is 6. The molecule has 0 fully saturated rings. The molecule has 80 heavy (non-hydrogen) atoms. The number of methoxy groups -OCH3 is 1. The number of nitriles is 1. The average Bonchev–Trinajstić information content (AvgIpc) is 4.21. The molecular weight excluding hydrogens is 1190 g/mol. The van der Waals surface area contributed by atoms with E-state index in [9.17, 15) is 75.2 Å². The molecule has 28 nitrogen and oxygen atoms in total. The van der Waals surface area contributed by atoms with Gasteiger partial charge in [-0.2, -0.15) is 52.5 Å². The van der Waals surface area contributed by atoms with E-state index in [1.807, 2.05) is 6.07 Å². The van der Waals surface area contributed by atoms with Gasteiger partial charge in [0, 0.05) is 21.9 Å². The van der Waals surface area contributed by atoms with E-state index in [4.69, 9.17) is 9.47 Å². The second-order valence-electron chi connectivity index (χ2n) is 17.2. The molecule has 0 aliphatic carbocycles. The maximum atomic E-state index is 12.5. The first kappa shape index (κ1) is 58.9. The second-order valence-corrected chi connectivity index (χ2v) is 26.6. The topological polar surface area (TPSA) is 439 Å². The number of ether oxygens (including phenoxy) is 2. The van der Waals surface area contributed by atoms with Crippen LogP contribution in [0.15, 0.2) is 111 Å². The fourth-order valence-electron chi connectivity index (χ4n) is 7.90. The first-order chi connectivity index (χ1) is 37.4. The van der Waals surface area contributed by atoms with Crippen molar-refractivity contribution in [3.05, 3.63) is 82.9 Å². The summed E-state index contributed by atoms with van der Waals surface area (Å²) in [7, 11) is -22.0. The average molecular weight is 1230 g/mol. The lowest BCUT2D eigenvalue weighted by Crippen LogP contribution is -2.08. The van der Waals surface area contributed by atoms with E-state index in [-0.39, 0.29) is 119 Å². The molecule has 3 aromatic heterocycles. The van der Waals surface area contributed by atoms with Crippen molar-refractivity contribution in [2.24, 2.45) is 30.7 Å². The lowest BCUT2D eigenvalue weighted by atomic mass is 10.1. The molecule has 0 bridgehead atoms. The molecule has 0 spiro atoms. The van der Waals surface area contributed by atoms with Gasteiger partial charge in [0.05, 0.1) is 57.4 Å². The molecular formula is C45H40N10O18S7. The summed E-state index contributed by atoms with van der Waals surface area (Å²) in [5.41, 5.74) is 0.642. The number of azo groups is 3. The number of imidazole rings is 1. The lowest BCUT2D eigenvalue weighted by Gasteiger charge is -2.12. The van der Waals surface area contributed by atoms with Gasteiger partial charge in [-0.1, -0.05) is 17.4 Å². The molecule has 8 aromatic rings. The molecule has 0 unspecified atom stereocenters. The van der Waals surface area contributed by atoms with Gasteiger partial charge in [-0.15, -0.1) is 37.3 Å². The standard InChI is InChI=1S/C45H40N10O18S7/c1-22-15-31(51-53-38-24(3)28(21-46)43-47-39-33(55(43)44(38)56)9-10-36(41(39)72-4)79(66,67)68)34(73-11-5-13-76(57,58)59)19-29(22)49-52-32-16-23(2)30(20-35(32)74-12-6-14-77(60,61)62)50-54-45-48-40-37(80(69,70)71)17-25-7-8-26(78(63,64)65)18-27(25)42(40)75-45/h7-10,15-20,56H,5-6,11-14H2,1-4H3,(H,57,58,59)(H,60,61,62)(H,63,64,65)(H,66,67,68)(H,69,70,71). The summed E-state index contributed by atoms with van der Waals surface area (Å²) in [6.07, 6.45) is -0.207. The van der Waals surface area contributed by atoms with Crippen LogP contribution < -0.4 is 9.47 Å². The van der Waals surface area contributed by atoms with Gasteiger partial charge in [-0.3, -0.25) is 27.2 Å². The van der Waals surface area contributed by atoms with E-state index in [1.54, 1.807) is 19.9 Å². The fourth-order valence-corrected chi connectivity index (χ4v) is 12.9. The van der Waals surface area contributed by atoms with Crippen LogP contribution in [0, 0.1) is 32.1 Å². The Morgan fingerprint density at radius 1 is 0.688 bits per heavy atom.